The van der Waals surface area contributed by atoms with Crippen molar-refractivity contribution >= 4 is 27.5 Å². The first-order chi connectivity index (χ1) is 14.0. The van der Waals surface area contributed by atoms with Crippen LogP contribution in [0.5, 0.6) is 0 Å². The average Bonchev–Trinajstić information content (AvgIpc) is 3.28. The Balaban J connectivity index is 1.48. The van der Waals surface area contributed by atoms with E-state index in [0.717, 1.165) is 19.3 Å². The number of hydrogen-bond acceptors (Lipinski definition) is 5. The molecule has 3 heterocycles. The Morgan fingerprint density at radius 2 is 1.72 bits per heavy atom. The number of carbonyl (C=O) groups excluding carboxylic acids is 1. The van der Waals surface area contributed by atoms with Crippen molar-refractivity contribution in [3.63, 3.8) is 0 Å². The Bertz CT molecular complexity index is 826. The van der Waals surface area contributed by atoms with Gasteiger partial charge < -0.3 is 14.4 Å². The van der Waals surface area contributed by atoms with Crippen LogP contribution in [-0.4, -0.2) is 68.7 Å². The molecule has 3 aliphatic rings. The van der Waals surface area contributed by atoms with Gasteiger partial charge in [-0.25, -0.2) is 8.42 Å². The van der Waals surface area contributed by atoms with Crippen molar-refractivity contribution in [2.24, 2.45) is 5.92 Å². The molecule has 3 saturated heterocycles. The summed E-state index contributed by atoms with van der Waals surface area (Å²) in [6, 6.07) is 6.08. The lowest BCUT2D eigenvalue weighted by molar-refractivity contribution is -0.155. The molecule has 3 fully saturated rings. The van der Waals surface area contributed by atoms with Crippen molar-refractivity contribution in [3.05, 3.63) is 29.3 Å². The maximum absolute atomic E-state index is 13.3. The summed E-state index contributed by atoms with van der Waals surface area (Å²) in [6.07, 6.45) is 3.85. The largest absolute Gasteiger partial charge is 0.348 e. The first-order valence-electron chi connectivity index (χ1n) is 10.3. The van der Waals surface area contributed by atoms with Crippen LogP contribution in [0.15, 0.2) is 29.2 Å². The number of sulfonamides is 1. The van der Waals surface area contributed by atoms with Gasteiger partial charge in [0.25, 0.3) is 0 Å². The maximum atomic E-state index is 13.3. The van der Waals surface area contributed by atoms with Crippen LogP contribution < -0.4 is 0 Å². The molecule has 0 bridgehead atoms. The van der Waals surface area contributed by atoms with Gasteiger partial charge in [0.05, 0.1) is 30.1 Å². The highest BCUT2D eigenvalue weighted by molar-refractivity contribution is 7.89. The zero-order valence-corrected chi connectivity index (χ0v) is 17.9. The van der Waals surface area contributed by atoms with Crippen LogP contribution in [0, 0.1) is 5.92 Å². The highest BCUT2D eigenvalue weighted by atomic mass is 35.5. The van der Waals surface area contributed by atoms with E-state index in [1.165, 1.54) is 16.4 Å². The van der Waals surface area contributed by atoms with E-state index in [1.807, 2.05) is 4.90 Å². The summed E-state index contributed by atoms with van der Waals surface area (Å²) in [5.41, 5.74) is 0. The minimum Gasteiger partial charge on any atom is -0.348 e. The van der Waals surface area contributed by atoms with Crippen LogP contribution in [0.25, 0.3) is 0 Å². The fourth-order valence-corrected chi connectivity index (χ4v) is 6.11. The van der Waals surface area contributed by atoms with E-state index < -0.39 is 10.0 Å². The topological polar surface area (TPSA) is 76.2 Å². The number of ether oxygens (including phenoxy) is 2. The molecular formula is C20H27ClN2O5S. The highest BCUT2D eigenvalue weighted by Crippen LogP contribution is 2.30. The van der Waals surface area contributed by atoms with Gasteiger partial charge in [-0.3, -0.25) is 4.79 Å². The summed E-state index contributed by atoms with van der Waals surface area (Å²) in [5, 5.41) is 0.489. The van der Waals surface area contributed by atoms with E-state index in [0.29, 0.717) is 44.2 Å². The minimum absolute atomic E-state index is 0.0183. The summed E-state index contributed by atoms with van der Waals surface area (Å²) >= 11 is 5.89. The monoisotopic (exact) mass is 442 g/mol. The molecule has 7 nitrogen and oxygen atoms in total. The third-order valence-corrected chi connectivity index (χ3v) is 8.11. The Morgan fingerprint density at radius 1 is 1.00 bits per heavy atom. The third kappa shape index (κ3) is 4.46. The van der Waals surface area contributed by atoms with Gasteiger partial charge in [0.1, 0.15) is 0 Å². The number of nitrogens with zero attached hydrogens (tertiary/aromatic N) is 2. The minimum atomic E-state index is -3.65. The number of halogens is 1. The molecule has 29 heavy (non-hydrogen) atoms. The lowest BCUT2D eigenvalue weighted by Gasteiger charge is -2.41. The molecule has 9 heteroatoms. The summed E-state index contributed by atoms with van der Waals surface area (Å²) < 4.78 is 38.8. The Hall–Kier alpha value is -1.19. The zero-order valence-electron chi connectivity index (χ0n) is 16.3. The smallest absolute Gasteiger partial charge is 0.243 e. The van der Waals surface area contributed by atoms with Crippen molar-refractivity contribution in [2.75, 3.05) is 32.8 Å². The van der Waals surface area contributed by atoms with E-state index in [4.69, 9.17) is 21.1 Å². The van der Waals surface area contributed by atoms with Gasteiger partial charge in [0.15, 0.2) is 6.29 Å². The van der Waals surface area contributed by atoms with Crippen molar-refractivity contribution in [1.29, 1.82) is 0 Å². The van der Waals surface area contributed by atoms with Crippen molar-refractivity contribution in [1.82, 2.24) is 9.21 Å². The van der Waals surface area contributed by atoms with Crippen molar-refractivity contribution in [2.45, 2.75) is 49.3 Å². The van der Waals surface area contributed by atoms with Gasteiger partial charge in [-0.05, 0) is 56.4 Å². The molecule has 0 saturated carbocycles. The molecular weight excluding hydrogens is 416 g/mol. The van der Waals surface area contributed by atoms with Crippen LogP contribution in [0.2, 0.25) is 5.02 Å². The summed E-state index contributed by atoms with van der Waals surface area (Å²) in [5.74, 6) is -0.322. The van der Waals surface area contributed by atoms with E-state index in [9.17, 15) is 13.2 Å². The lowest BCUT2D eigenvalue weighted by Crippen LogP contribution is -2.54. The maximum Gasteiger partial charge on any atom is 0.243 e. The second-order valence-corrected chi connectivity index (χ2v) is 10.2. The van der Waals surface area contributed by atoms with Crippen LogP contribution in [0.1, 0.15) is 32.1 Å². The molecule has 160 valence electrons. The number of benzene rings is 1. The quantitative estimate of drug-likeness (QED) is 0.716. The molecule has 0 radical (unpaired) electrons. The zero-order chi connectivity index (χ0) is 20.4. The molecule has 4 rings (SSSR count). The van der Waals surface area contributed by atoms with Gasteiger partial charge in [-0.1, -0.05) is 11.6 Å². The van der Waals surface area contributed by atoms with Crippen molar-refractivity contribution < 1.29 is 22.7 Å². The van der Waals surface area contributed by atoms with E-state index in [2.05, 4.69) is 0 Å². The Labute approximate surface area is 176 Å². The van der Waals surface area contributed by atoms with Gasteiger partial charge >= 0.3 is 0 Å². The van der Waals surface area contributed by atoms with E-state index in [-0.39, 0.29) is 35.6 Å². The van der Waals surface area contributed by atoms with E-state index >= 15 is 0 Å². The fourth-order valence-electron chi connectivity index (χ4n) is 4.47. The highest BCUT2D eigenvalue weighted by Gasteiger charge is 2.41. The summed E-state index contributed by atoms with van der Waals surface area (Å²) in [6.45, 7) is 2.42. The molecule has 3 aliphatic heterocycles. The van der Waals surface area contributed by atoms with Gasteiger partial charge in [0.2, 0.25) is 15.9 Å². The number of hydrogen-bond donors (Lipinski definition) is 0. The Morgan fingerprint density at radius 3 is 2.45 bits per heavy atom. The van der Waals surface area contributed by atoms with Crippen LogP contribution in [-0.2, 0) is 24.3 Å². The number of likely N-dealkylation sites (tertiary alicyclic amines) is 1. The normalized spacial score (nSPS) is 27.3. The third-order valence-electron chi connectivity index (χ3n) is 5.98. The first-order valence-corrected chi connectivity index (χ1v) is 12.1. The molecule has 2 atom stereocenters. The molecule has 0 aromatic heterocycles. The molecule has 1 aromatic carbocycles. The molecule has 0 aliphatic carbocycles. The predicted octanol–water partition coefficient (Wildman–Crippen LogP) is 2.49. The molecule has 0 spiro atoms. The number of amides is 1. The number of piperidine rings is 2. The summed E-state index contributed by atoms with van der Waals surface area (Å²) in [7, 11) is -3.65. The molecule has 0 N–H and O–H groups in total. The van der Waals surface area contributed by atoms with Gasteiger partial charge in [0, 0.05) is 24.7 Å². The molecule has 1 aromatic rings. The fraction of sp³-hybridized carbons (Fsp3) is 0.650. The predicted molar refractivity (Wildman–Crippen MR) is 108 cm³/mol. The average molecular weight is 443 g/mol. The van der Waals surface area contributed by atoms with Gasteiger partial charge in [-0.15, -0.1) is 0 Å². The SMILES string of the molecule is O=C(C1CCCN(S(=O)(=O)c2ccc(Cl)cc2)C1)N1CCCCC1C1OCCO1. The van der Waals surface area contributed by atoms with E-state index in [1.54, 1.807) is 12.1 Å². The Kier molecular flexibility index (Phi) is 6.46. The first kappa shape index (κ1) is 21.1. The van der Waals surface area contributed by atoms with Crippen molar-refractivity contribution in [3.8, 4) is 0 Å². The second kappa shape index (κ2) is 8.89. The van der Waals surface area contributed by atoms with Crippen LogP contribution in [0.3, 0.4) is 0 Å². The number of carbonyl (C=O) groups is 1. The van der Waals surface area contributed by atoms with Crippen LogP contribution in [0.4, 0.5) is 0 Å². The number of rotatable bonds is 4. The summed E-state index contributed by atoms with van der Waals surface area (Å²) in [4.78, 5) is 15.4. The molecule has 2 unspecified atom stereocenters. The van der Waals surface area contributed by atoms with Crippen LogP contribution >= 0.6 is 11.6 Å². The standard InChI is InChI=1S/C20H27ClN2O5S/c21-16-6-8-17(9-7-16)29(25,26)22-10-3-4-15(14-22)19(24)23-11-2-1-5-18(23)20-27-12-13-28-20/h6-9,15,18,20H,1-5,10-14H2. The van der Waals surface area contributed by atoms with Gasteiger partial charge in [-0.2, -0.15) is 4.31 Å². The molecule has 1 amide bonds. The second-order valence-electron chi connectivity index (χ2n) is 7.86. The lowest BCUT2D eigenvalue weighted by atomic mass is 9.94.